The number of aliphatic carboxylic acids is 2. The Kier molecular flexibility index (Phi) is 10.8. The number of carbonyl (C=O) groups is 5. The average molecular weight is 454 g/mol. The van der Waals surface area contributed by atoms with Crippen LogP contribution in [0.3, 0.4) is 0 Å². The first-order valence-corrected chi connectivity index (χ1v) is 9.46. The molecule has 9 N–H and O–H groups in total. The van der Waals surface area contributed by atoms with E-state index in [0.717, 1.165) is 0 Å². The second-order valence-electron chi connectivity index (χ2n) is 6.78. The lowest BCUT2D eigenvalue weighted by Gasteiger charge is -2.24. The minimum atomic E-state index is -1.65. The fourth-order valence-electron chi connectivity index (χ4n) is 2.54. The minimum Gasteiger partial charge on any atom is -0.481 e. The van der Waals surface area contributed by atoms with Gasteiger partial charge in [-0.2, -0.15) is 0 Å². The summed E-state index contributed by atoms with van der Waals surface area (Å²) in [6.45, 7) is -1.82. The molecule has 1 rings (SSSR count). The Hall–Kier alpha value is -3.55. The highest BCUT2D eigenvalue weighted by atomic mass is 16.4. The van der Waals surface area contributed by atoms with Crippen molar-refractivity contribution in [3.8, 4) is 0 Å². The van der Waals surface area contributed by atoms with Crippen molar-refractivity contribution in [1.82, 2.24) is 16.0 Å². The molecule has 3 amide bonds. The quantitative estimate of drug-likeness (QED) is 0.147. The highest BCUT2D eigenvalue weighted by molar-refractivity contribution is 5.94. The Morgan fingerprint density at radius 1 is 0.781 bits per heavy atom. The number of carbonyl (C=O) groups excluding carboxylic acids is 3. The van der Waals surface area contributed by atoms with Crippen LogP contribution in [0.4, 0.5) is 0 Å². The van der Waals surface area contributed by atoms with E-state index in [2.05, 4.69) is 10.6 Å². The molecule has 0 saturated heterocycles. The van der Waals surface area contributed by atoms with Crippen LogP contribution in [0.25, 0.3) is 0 Å². The van der Waals surface area contributed by atoms with Gasteiger partial charge < -0.3 is 42.1 Å². The average Bonchev–Trinajstić information content (AvgIpc) is 2.74. The molecule has 1 aromatic rings. The number of carboxylic acids is 2. The van der Waals surface area contributed by atoms with Gasteiger partial charge in [-0.15, -0.1) is 0 Å². The second-order valence-corrected chi connectivity index (χ2v) is 6.78. The van der Waals surface area contributed by atoms with Gasteiger partial charge in [-0.05, 0) is 5.56 Å². The lowest BCUT2D eigenvalue weighted by Crippen LogP contribution is -2.59. The van der Waals surface area contributed by atoms with Gasteiger partial charge in [0.1, 0.15) is 18.1 Å². The van der Waals surface area contributed by atoms with E-state index in [1.54, 1.807) is 30.3 Å². The molecule has 13 heteroatoms. The van der Waals surface area contributed by atoms with Crippen molar-refractivity contribution >= 4 is 29.7 Å². The Balaban J connectivity index is 2.97. The summed E-state index contributed by atoms with van der Waals surface area (Å²) in [5.74, 6) is -5.74. The number of benzene rings is 1. The molecule has 0 aromatic heterocycles. The first-order valence-electron chi connectivity index (χ1n) is 9.46. The number of hydrogen-bond donors (Lipinski definition) is 8. The zero-order valence-electron chi connectivity index (χ0n) is 16.9. The van der Waals surface area contributed by atoms with E-state index in [0.29, 0.717) is 5.56 Å². The topological polar surface area (TPSA) is 228 Å². The van der Waals surface area contributed by atoms with Gasteiger partial charge in [0.15, 0.2) is 0 Å². The molecule has 0 bridgehead atoms. The number of nitrogens with two attached hydrogens (primary N) is 1. The zero-order chi connectivity index (χ0) is 24.3. The molecule has 0 spiro atoms. The summed E-state index contributed by atoms with van der Waals surface area (Å²) in [6.07, 6.45) is -0.725. The summed E-state index contributed by atoms with van der Waals surface area (Å²) in [4.78, 5) is 58.9. The lowest BCUT2D eigenvalue weighted by atomic mass is 10.0. The first-order chi connectivity index (χ1) is 15.1. The van der Waals surface area contributed by atoms with Gasteiger partial charge in [0.2, 0.25) is 17.7 Å². The summed E-state index contributed by atoms with van der Waals surface area (Å²) in [6, 6.07) is 2.47. The number of amides is 3. The fourth-order valence-corrected chi connectivity index (χ4v) is 2.54. The Bertz CT molecular complexity index is 818. The smallest absolute Gasteiger partial charge is 0.328 e. The maximum absolute atomic E-state index is 12.8. The van der Waals surface area contributed by atoms with E-state index in [1.807, 2.05) is 5.32 Å². The van der Waals surface area contributed by atoms with Crippen LogP contribution < -0.4 is 21.7 Å². The number of nitrogens with one attached hydrogen (secondary N) is 3. The highest BCUT2D eigenvalue weighted by Gasteiger charge is 2.30. The number of rotatable bonds is 13. The van der Waals surface area contributed by atoms with Gasteiger partial charge in [0.25, 0.3) is 0 Å². The van der Waals surface area contributed by atoms with Crippen LogP contribution in [0.2, 0.25) is 0 Å². The van der Waals surface area contributed by atoms with E-state index in [1.165, 1.54) is 0 Å². The predicted molar refractivity (Wildman–Crippen MR) is 108 cm³/mol. The molecule has 0 fully saturated rings. The van der Waals surface area contributed by atoms with Crippen molar-refractivity contribution in [1.29, 1.82) is 0 Å². The molecule has 13 nitrogen and oxygen atoms in total. The van der Waals surface area contributed by atoms with Crippen LogP contribution in [0.1, 0.15) is 12.0 Å². The van der Waals surface area contributed by atoms with Crippen molar-refractivity contribution in [2.45, 2.75) is 37.0 Å². The molecular formula is C19H26N4O9. The van der Waals surface area contributed by atoms with E-state index >= 15 is 0 Å². The first kappa shape index (κ1) is 26.5. The van der Waals surface area contributed by atoms with Crippen molar-refractivity contribution in [2.75, 3.05) is 13.2 Å². The largest absolute Gasteiger partial charge is 0.481 e. The molecule has 4 unspecified atom stereocenters. The third-order valence-electron chi connectivity index (χ3n) is 4.26. The molecule has 0 saturated carbocycles. The molecule has 1 aromatic carbocycles. The van der Waals surface area contributed by atoms with Crippen LogP contribution in [0.15, 0.2) is 30.3 Å². The van der Waals surface area contributed by atoms with E-state index < -0.39 is 73.5 Å². The number of aliphatic hydroxyl groups excluding tert-OH is 2. The molecule has 0 heterocycles. The van der Waals surface area contributed by atoms with Crippen LogP contribution in [-0.4, -0.2) is 87.5 Å². The van der Waals surface area contributed by atoms with Crippen molar-refractivity contribution in [3.05, 3.63) is 35.9 Å². The maximum Gasteiger partial charge on any atom is 0.328 e. The molecule has 0 radical (unpaired) electrons. The Morgan fingerprint density at radius 3 is 1.78 bits per heavy atom. The van der Waals surface area contributed by atoms with Crippen LogP contribution in [-0.2, 0) is 30.4 Å². The second kappa shape index (κ2) is 13.0. The van der Waals surface area contributed by atoms with Crippen LogP contribution in [0, 0.1) is 0 Å². The van der Waals surface area contributed by atoms with Gasteiger partial charge in [-0.25, -0.2) is 4.79 Å². The van der Waals surface area contributed by atoms with Gasteiger partial charge in [-0.3, -0.25) is 19.2 Å². The molecule has 4 atom stereocenters. The third kappa shape index (κ3) is 8.67. The fraction of sp³-hybridized carbons (Fsp3) is 0.421. The summed E-state index contributed by atoms with van der Waals surface area (Å²) in [5, 5.41) is 42.6. The van der Waals surface area contributed by atoms with Gasteiger partial charge in [0, 0.05) is 6.42 Å². The predicted octanol–water partition coefficient (Wildman–Crippen LogP) is -3.45. The van der Waals surface area contributed by atoms with Gasteiger partial charge in [0.05, 0.1) is 25.7 Å². The SMILES string of the molecule is NC(CC(=O)O)C(=O)NC(Cc1ccccc1)C(=O)NC(CO)C(=O)NC(CO)C(=O)O. The minimum absolute atomic E-state index is 0.0492. The van der Waals surface area contributed by atoms with Crippen LogP contribution in [0.5, 0.6) is 0 Å². The van der Waals surface area contributed by atoms with E-state index in [4.69, 9.17) is 21.1 Å². The zero-order valence-corrected chi connectivity index (χ0v) is 16.9. The summed E-state index contributed by atoms with van der Waals surface area (Å²) >= 11 is 0. The molecule has 0 aliphatic heterocycles. The molecule has 32 heavy (non-hydrogen) atoms. The molecule has 0 aliphatic carbocycles. The van der Waals surface area contributed by atoms with Crippen molar-refractivity contribution in [3.63, 3.8) is 0 Å². The molecule has 176 valence electrons. The van der Waals surface area contributed by atoms with Crippen LogP contribution >= 0.6 is 0 Å². The highest BCUT2D eigenvalue weighted by Crippen LogP contribution is 2.05. The normalized spacial score (nSPS) is 14.3. The number of hydrogen-bond acceptors (Lipinski definition) is 8. The third-order valence-corrected chi connectivity index (χ3v) is 4.26. The molecular weight excluding hydrogens is 428 g/mol. The van der Waals surface area contributed by atoms with E-state index in [9.17, 15) is 29.1 Å². The monoisotopic (exact) mass is 454 g/mol. The summed E-state index contributed by atoms with van der Waals surface area (Å²) < 4.78 is 0. The van der Waals surface area contributed by atoms with Crippen molar-refractivity contribution < 1.29 is 44.4 Å². The maximum atomic E-state index is 12.8. The number of aliphatic hydroxyl groups is 2. The summed E-state index contributed by atoms with van der Waals surface area (Å²) in [7, 11) is 0. The standard InChI is InChI=1S/C19H26N4O9/c20-11(7-15(26)27)16(28)21-12(6-10-4-2-1-3-5-10)17(29)22-13(8-24)18(30)23-14(9-25)19(31)32/h1-5,11-14,24-25H,6-9,20H2,(H,21,28)(H,22,29)(H,23,30)(H,26,27)(H,31,32). The van der Waals surface area contributed by atoms with Gasteiger partial charge >= 0.3 is 11.9 Å². The lowest BCUT2D eigenvalue weighted by molar-refractivity contribution is -0.143. The number of carboxylic acid groups (broad SMARTS) is 2. The van der Waals surface area contributed by atoms with Crippen molar-refractivity contribution in [2.24, 2.45) is 5.73 Å². The Morgan fingerprint density at radius 2 is 1.28 bits per heavy atom. The summed E-state index contributed by atoms with van der Waals surface area (Å²) in [5.41, 5.74) is 6.15. The van der Waals surface area contributed by atoms with E-state index in [-0.39, 0.29) is 6.42 Å². The van der Waals surface area contributed by atoms with Gasteiger partial charge in [-0.1, -0.05) is 30.3 Å². The molecule has 0 aliphatic rings. The Labute approximate surface area is 182 Å².